The van der Waals surface area contributed by atoms with Crippen LogP contribution in [0.25, 0.3) is 0 Å². The predicted molar refractivity (Wildman–Crippen MR) is 122 cm³/mol. The van der Waals surface area contributed by atoms with E-state index in [0.717, 1.165) is 0 Å². The summed E-state index contributed by atoms with van der Waals surface area (Å²) in [4.78, 5) is 27.1. The van der Waals surface area contributed by atoms with Crippen molar-refractivity contribution in [2.24, 2.45) is 0 Å². The van der Waals surface area contributed by atoms with Gasteiger partial charge in [0.15, 0.2) is 5.78 Å². The van der Waals surface area contributed by atoms with Gasteiger partial charge in [-0.1, -0.05) is 24.3 Å². The lowest BCUT2D eigenvalue weighted by atomic mass is 9.80. The summed E-state index contributed by atoms with van der Waals surface area (Å²) in [6.45, 7) is 0. The van der Waals surface area contributed by atoms with Crippen molar-refractivity contribution < 1.29 is 31.9 Å². The average molecular weight is 482 g/mol. The molecule has 0 saturated heterocycles. The molecule has 2 aromatic carbocycles. The molecule has 0 bridgehead atoms. The second-order valence-corrected chi connectivity index (χ2v) is 8.43. The van der Waals surface area contributed by atoms with Crippen LogP contribution in [0.3, 0.4) is 0 Å². The van der Waals surface area contributed by atoms with Gasteiger partial charge >= 0.3 is 12.1 Å². The topological polar surface area (TPSA) is 71.8 Å². The molecular formula is C26H21F3N2O4. The Hall–Kier alpha value is -4.01. The Morgan fingerprint density at radius 3 is 2.46 bits per heavy atom. The van der Waals surface area contributed by atoms with Gasteiger partial charge in [-0.05, 0) is 48.4 Å². The van der Waals surface area contributed by atoms with E-state index in [1.165, 1.54) is 19.4 Å². The number of fused-ring (bicyclic) bond motifs is 1. The number of ketones is 1. The Balaban J connectivity index is 1.74. The zero-order valence-electron chi connectivity index (χ0n) is 18.6. The van der Waals surface area contributed by atoms with Crippen molar-refractivity contribution in [2.75, 3.05) is 17.3 Å². The lowest BCUT2D eigenvalue weighted by molar-refractivity contribution is -0.170. The van der Waals surface area contributed by atoms with Crippen molar-refractivity contribution >= 4 is 23.1 Å². The van der Waals surface area contributed by atoms with Gasteiger partial charge < -0.3 is 14.5 Å². The maximum atomic E-state index is 13.9. The van der Waals surface area contributed by atoms with Gasteiger partial charge in [-0.15, -0.1) is 0 Å². The normalized spacial score (nSPS) is 20.0. The average Bonchev–Trinajstić information content (AvgIpc) is 3.33. The molecule has 0 fully saturated rings. The molecule has 0 spiro atoms. The lowest BCUT2D eigenvalue weighted by Gasteiger charge is -2.35. The fraction of sp³-hybridized carbons (Fsp3) is 0.231. The number of hydrogen-bond acceptors (Lipinski definition) is 5. The number of nitrogens with zero attached hydrogens (tertiary/aromatic N) is 1. The summed E-state index contributed by atoms with van der Waals surface area (Å²) in [6.07, 6.45) is -3.25. The number of rotatable bonds is 3. The first kappa shape index (κ1) is 22.8. The first-order chi connectivity index (χ1) is 16.8. The highest BCUT2D eigenvalue weighted by Gasteiger charge is 2.50. The third-order valence-corrected chi connectivity index (χ3v) is 6.33. The molecule has 1 N–H and O–H groups in total. The second-order valence-electron chi connectivity index (χ2n) is 8.43. The number of ether oxygens (including phenoxy) is 1. The van der Waals surface area contributed by atoms with Crippen LogP contribution in [0.15, 0.2) is 82.6 Å². The van der Waals surface area contributed by atoms with Crippen LogP contribution in [-0.4, -0.2) is 25.0 Å². The SMILES string of the molecule is COc1ccc([C@H]2C3=C(C[C@H](c4ccco4)CC3=O)Nc3ccccc3N2C(=O)C(F)(F)F)cc1. The molecule has 5 rings (SSSR count). The van der Waals surface area contributed by atoms with Crippen LogP contribution in [0, 0.1) is 0 Å². The summed E-state index contributed by atoms with van der Waals surface area (Å²) in [5.74, 6) is -1.57. The number of amides is 1. The summed E-state index contributed by atoms with van der Waals surface area (Å²) < 4.78 is 52.4. The number of para-hydroxylation sites is 2. The number of carbonyl (C=O) groups excluding carboxylic acids is 2. The number of furan rings is 1. The zero-order chi connectivity index (χ0) is 24.7. The molecule has 1 aromatic heterocycles. The van der Waals surface area contributed by atoms with Gasteiger partial charge in [-0.2, -0.15) is 13.2 Å². The second kappa shape index (κ2) is 8.65. The molecule has 35 heavy (non-hydrogen) atoms. The Kier molecular flexibility index (Phi) is 5.62. The van der Waals surface area contributed by atoms with E-state index in [1.54, 1.807) is 54.6 Å². The van der Waals surface area contributed by atoms with Crippen LogP contribution >= 0.6 is 0 Å². The van der Waals surface area contributed by atoms with E-state index in [1.807, 2.05) is 0 Å². The standard InChI is InChI=1S/C26H21F3N2O4/c1-34-17-10-8-15(9-11-17)24-23-19(13-16(14-21(23)32)22-7-4-12-35-22)30-18-5-2-3-6-20(18)31(24)25(33)26(27,28)29/h2-12,16,24,30H,13-14H2,1H3/t16-,24-/m0/s1. The third kappa shape index (κ3) is 4.07. The van der Waals surface area contributed by atoms with Crippen molar-refractivity contribution in [1.82, 2.24) is 0 Å². The molecule has 1 amide bonds. The molecule has 2 heterocycles. The highest BCUT2D eigenvalue weighted by atomic mass is 19.4. The Bertz CT molecular complexity index is 1300. The smallest absolute Gasteiger partial charge is 0.471 e. The number of halogens is 3. The van der Waals surface area contributed by atoms with Gasteiger partial charge in [0.25, 0.3) is 0 Å². The number of methoxy groups -OCH3 is 1. The van der Waals surface area contributed by atoms with Gasteiger partial charge in [-0.25, -0.2) is 0 Å². The van der Waals surface area contributed by atoms with Crippen LogP contribution in [-0.2, 0) is 9.59 Å². The first-order valence-electron chi connectivity index (χ1n) is 11.0. The van der Waals surface area contributed by atoms with Crippen LogP contribution in [0.2, 0.25) is 0 Å². The van der Waals surface area contributed by atoms with Crippen molar-refractivity contribution in [3.8, 4) is 5.75 Å². The van der Waals surface area contributed by atoms with Crippen molar-refractivity contribution in [1.29, 1.82) is 0 Å². The lowest BCUT2D eigenvalue weighted by Crippen LogP contribution is -2.45. The van der Waals surface area contributed by atoms with Crippen LogP contribution in [0.1, 0.15) is 36.1 Å². The summed E-state index contributed by atoms with van der Waals surface area (Å²) in [6, 6.07) is 14.8. The number of anilines is 2. The highest BCUT2D eigenvalue weighted by molar-refractivity contribution is 6.07. The minimum absolute atomic E-state index is 0.0346. The van der Waals surface area contributed by atoms with E-state index in [-0.39, 0.29) is 29.4 Å². The van der Waals surface area contributed by atoms with Gasteiger partial charge in [0.1, 0.15) is 11.5 Å². The maximum Gasteiger partial charge on any atom is 0.471 e. The van der Waals surface area contributed by atoms with E-state index >= 15 is 0 Å². The number of nitrogens with one attached hydrogen (secondary N) is 1. The van der Waals surface area contributed by atoms with Crippen molar-refractivity contribution in [2.45, 2.75) is 31.0 Å². The first-order valence-corrected chi connectivity index (χ1v) is 11.0. The molecule has 0 unspecified atom stereocenters. The van der Waals surface area contributed by atoms with E-state index < -0.39 is 18.1 Å². The summed E-state index contributed by atoms with van der Waals surface area (Å²) >= 11 is 0. The van der Waals surface area contributed by atoms with E-state index in [9.17, 15) is 22.8 Å². The summed E-state index contributed by atoms with van der Waals surface area (Å²) in [5.41, 5.74) is 1.30. The fourth-order valence-electron chi connectivity index (χ4n) is 4.78. The quantitative estimate of drug-likeness (QED) is 0.515. The Labute approximate surface area is 199 Å². The summed E-state index contributed by atoms with van der Waals surface area (Å²) in [7, 11) is 1.47. The number of alkyl halides is 3. The van der Waals surface area contributed by atoms with Gasteiger partial charge in [-0.3, -0.25) is 14.5 Å². The molecule has 2 aliphatic rings. The number of benzene rings is 2. The van der Waals surface area contributed by atoms with Crippen molar-refractivity contribution in [3.05, 3.63) is 89.5 Å². The van der Waals surface area contributed by atoms with Gasteiger partial charge in [0.2, 0.25) is 0 Å². The molecule has 1 aliphatic carbocycles. The van der Waals surface area contributed by atoms with E-state index in [0.29, 0.717) is 39.8 Å². The van der Waals surface area contributed by atoms with E-state index in [2.05, 4.69) is 5.32 Å². The molecule has 2 atom stereocenters. The highest BCUT2D eigenvalue weighted by Crippen LogP contribution is 2.48. The summed E-state index contributed by atoms with van der Waals surface area (Å²) in [5, 5.41) is 3.17. The Morgan fingerprint density at radius 1 is 1.06 bits per heavy atom. The molecule has 9 heteroatoms. The number of Topliss-reactive ketones (excluding diaryl/α,β-unsaturated/α-hetero) is 1. The number of allylic oxidation sites excluding steroid dienone is 1. The molecule has 0 radical (unpaired) electrons. The van der Waals surface area contributed by atoms with Crippen LogP contribution in [0.4, 0.5) is 24.5 Å². The van der Waals surface area contributed by atoms with Gasteiger partial charge in [0, 0.05) is 23.6 Å². The zero-order valence-corrected chi connectivity index (χ0v) is 18.6. The molecule has 180 valence electrons. The van der Waals surface area contributed by atoms with Crippen LogP contribution < -0.4 is 15.0 Å². The minimum Gasteiger partial charge on any atom is -0.497 e. The number of carbonyl (C=O) groups is 2. The molecular weight excluding hydrogens is 461 g/mol. The predicted octanol–water partition coefficient (Wildman–Crippen LogP) is 5.75. The molecule has 1 aliphatic heterocycles. The molecule has 3 aromatic rings. The fourth-order valence-corrected chi connectivity index (χ4v) is 4.78. The molecule has 0 saturated carbocycles. The monoisotopic (exact) mass is 482 g/mol. The number of hydrogen-bond donors (Lipinski definition) is 1. The van der Waals surface area contributed by atoms with E-state index in [4.69, 9.17) is 9.15 Å². The van der Waals surface area contributed by atoms with Crippen molar-refractivity contribution in [3.63, 3.8) is 0 Å². The third-order valence-electron chi connectivity index (χ3n) is 6.33. The maximum absolute atomic E-state index is 13.9. The van der Waals surface area contributed by atoms with Crippen LogP contribution in [0.5, 0.6) is 5.75 Å². The van der Waals surface area contributed by atoms with Gasteiger partial charge in [0.05, 0.1) is 30.8 Å². The minimum atomic E-state index is -5.16. The largest absolute Gasteiger partial charge is 0.497 e. The molecule has 6 nitrogen and oxygen atoms in total. The Morgan fingerprint density at radius 2 is 1.80 bits per heavy atom.